The van der Waals surface area contributed by atoms with Crippen LogP contribution in [0.2, 0.25) is 0 Å². The zero-order valence-electron chi connectivity index (χ0n) is 6.42. The molecule has 1 amide bonds. The van der Waals surface area contributed by atoms with E-state index in [9.17, 15) is 4.79 Å². The van der Waals surface area contributed by atoms with Crippen molar-refractivity contribution in [3.8, 4) is 11.8 Å². The smallest absolute Gasteiger partial charge is 0.296 e. The number of amides is 1. The van der Waals surface area contributed by atoms with Crippen LogP contribution in [-0.2, 0) is 4.79 Å². The number of hydrogen-bond donors (Lipinski definition) is 2. The number of nitrogens with one attached hydrogen (secondary N) is 1. The predicted octanol–water partition coefficient (Wildman–Crippen LogP) is -0.351. The van der Waals surface area contributed by atoms with Crippen LogP contribution in [0.5, 0.6) is 0 Å². The second-order valence-electron chi connectivity index (χ2n) is 2.60. The van der Waals surface area contributed by atoms with E-state index < -0.39 is 0 Å². The Hall–Kier alpha value is -1.01. The fourth-order valence-corrected chi connectivity index (χ4v) is 0.969. The molecule has 0 bridgehead atoms. The summed E-state index contributed by atoms with van der Waals surface area (Å²) in [5.41, 5.74) is 0. The summed E-state index contributed by atoms with van der Waals surface area (Å²) in [5, 5.41) is 11.7. The average molecular weight is 153 g/mol. The lowest BCUT2D eigenvalue weighted by Gasteiger charge is -2.32. The maximum absolute atomic E-state index is 10.8. The Labute approximate surface area is 65.8 Å². The molecule has 0 spiro atoms. The van der Waals surface area contributed by atoms with Crippen LogP contribution in [0.4, 0.5) is 0 Å². The van der Waals surface area contributed by atoms with E-state index in [4.69, 9.17) is 5.11 Å². The van der Waals surface area contributed by atoms with Gasteiger partial charge in [0.25, 0.3) is 5.91 Å². The van der Waals surface area contributed by atoms with E-state index in [1.54, 1.807) is 6.92 Å². The van der Waals surface area contributed by atoms with Gasteiger partial charge in [-0.25, -0.2) is 0 Å². The van der Waals surface area contributed by atoms with Gasteiger partial charge in [-0.05, 0) is 25.7 Å². The van der Waals surface area contributed by atoms with E-state index in [1.165, 1.54) is 0 Å². The lowest BCUT2D eigenvalue weighted by atomic mass is 9.89. The standard InChI is InChI=1S/C8H11NO2/c1-2-3-8(11)9-6-4-5-7(6)10/h6-7,10H,4-5H2,1H3,(H,9,11)/t6-,7-/m1/s1. The first-order chi connectivity index (χ1) is 5.24. The second-order valence-corrected chi connectivity index (χ2v) is 2.60. The van der Waals surface area contributed by atoms with Gasteiger partial charge in [0.2, 0.25) is 0 Å². The van der Waals surface area contributed by atoms with Gasteiger partial charge in [0.15, 0.2) is 0 Å². The Morgan fingerprint density at radius 1 is 1.64 bits per heavy atom. The Morgan fingerprint density at radius 3 is 2.73 bits per heavy atom. The van der Waals surface area contributed by atoms with Gasteiger partial charge in [-0.2, -0.15) is 0 Å². The summed E-state index contributed by atoms with van der Waals surface area (Å²) >= 11 is 0. The van der Waals surface area contributed by atoms with Crippen LogP contribution in [0.25, 0.3) is 0 Å². The molecule has 3 nitrogen and oxygen atoms in total. The van der Waals surface area contributed by atoms with Crippen molar-refractivity contribution in [3.63, 3.8) is 0 Å². The molecule has 1 fully saturated rings. The molecule has 0 unspecified atom stereocenters. The minimum atomic E-state index is -0.363. The number of hydrogen-bond acceptors (Lipinski definition) is 2. The minimum Gasteiger partial charge on any atom is -0.391 e. The number of aliphatic hydroxyl groups is 1. The highest BCUT2D eigenvalue weighted by molar-refractivity contribution is 5.93. The molecule has 11 heavy (non-hydrogen) atoms. The van der Waals surface area contributed by atoms with E-state index >= 15 is 0 Å². The Bertz CT molecular complexity index is 214. The SMILES string of the molecule is CC#CC(=O)N[C@@H]1CC[C@H]1O. The van der Waals surface area contributed by atoms with Crippen LogP contribution in [0.3, 0.4) is 0 Å². The highest BCUT2D eigenvalue weighted by atomic mass is 16.3. The topological polar surface area (TPSA) is 49.3 Å². The summed E-state index contributed by atoms with van der Waals surface area (Å²) in [7, 11) is 0. The van der Waals surface area contributed by atoms with Crippen LogP contribution < -0.4 is 5.32 Å². The highest BCUT2D eigenvalue weighted by Crippen LogP contribution is 2.18. The van der Waals surface area contributed by atoms with E-state index in [0.717, 1.165) is 12.8 Å². The van der Waals surface area contributed by atoms with Crippen LogP contribution in [0.15, 0.2) is 0 Å². The molecule has 1 aliphatic carbocycles. The van der Waals surface area contributed by atoms with Crippen molar-refractivity contribution in [1.82, 2.24) is 5.32 Å². The monoisotopic (exact) mass is 153 g/mol. The molecule has 2 atom stereocenters. The fourth-order valence-electron chi connectivity index (χ4n) is 0.969. The van der Waals surface area contributed by atoms with Gasteiger partial charge in [-0.15, -0.1) is 0 Å². The molecule has 60 valence electrons. The summed E-state index contributed by atoms with van der Waals surface area (Å²) in [4.78, 5) is 10.8. The van der Waals surface area contributed by atoms with Gasteiger partial charge < -0.3 is 10.4 Å². The largest absolute Gasteiger partial charge is 0.391 e. The molecular formula is C8H11NO2. The highest BCUT2D eigenvalue weighted by Gasteiger charge is 2.29. The minimum absolute atomic E-state index is 0.0663. The first-order valence-corrected chi connectivity index (χ1v) is 3.65. The zero-order valence-corrected chi connectivity index (χ0v) is 6.42. The Morgan fingerprint density at radius 2 is 2.36 bits per heavy atom. The summed E-state index contributed by atoms with van der Waals surface area (Å²) < 4.78 is 0. The maximum Gasteiger partial charge on any atom is 0.296 e. The molecule has 3 heteroatoms. The van der Waals surface area contributed by atoms with Crippen LogP contribution in [-0.4, -0.2) is 23.2 Å². The third-order valence-corrected chi connectivity index (χ3v) is 1.79. The number of aliphatic hydroxyl groups excluding tert-OH is 1. The summed E-state index contributed by atoms with van der Waals surface area (Å²) in [6, 6.07) is -0.0663. The van der Waals surface area contributed by atoms with Crippen LogP contribution in [0, 0.1) is 11.8 Å². The van der Waals surface area contributed by atoms with Gasteiger partial charge in [0, 0.05) is 0 Å². The lowest BCUT2D eigenvalue weighted by Crippen LogP contribution is -2.49. The van der Waals surface area contributed by atoms with E-state index in [-0.39, 0.29) is 18.1 Å². The van der Waals surface area contributed by atoms with Crippen molar-refractivity contribution in [2.24, 2.45) is 0 Å². The molecule has 0 saturated heterocycles. The first kappa shape index (κ1) is 8.09. The Kier molecular flexibility index (Phi) is 2.50. The average Bonchev–Trinajstić information content (AvgIpc) is 1.98. The molecule has 1 aliphatic rings. The van der Waals surface area contributed by atoms with E-state index in [0.29, 0.717) is 0 Å². The summed E-state index contributed by atoms with van der Waals surface area (Å²) in [6.45, 7) is 1.61. The molecule has 1 saturated carbocycles. The molecular weight excluding hydrogens is 142 g/mol. The predicted molar refractivity (Wildman–Crippen MR) is 40.6 cm³/mol. The van der Waals surface area contributed by atoms with Gasteiger partial charge in [0.1, 0.15) is 0 Å². The zero-order chi connectivity index (χ0) is 8.27. The van der Waals surface area contributed by atoms with Gasteiger partial charge >= 0.3 is 0 Å². The van der Waals surface area contributed by atoms with Crippen molar-refractivity contribution in [2.45, 2.75) is 31.9 Å². The summed E-state index contributed by atoms with van der Waals surface area (Å²) in [6.07, 6.45) is 1.28. The molecule has 0 aliphatic heterocycles. The fraction of sp³-hybridized carbons (Fsp3) is 0.625. The maximum atomic E-state index is 10.8. The summed E-state index contributed by atoms with van der Waals surface area (Å²) in [5.74, 6) is 4.55. The van der Waals surface area contributed by atoms with Crippen molar-refractivity contribution in [2.75, 3.05) is 0 Å². The molecule has 0 aromatic carbocycles. The molecule has 0 heterocycles. The third kappa shape index (κ3) is 1.95. The molecule has 0 aromatic rings. The van der Waals surface area contributed by atoms with Gasteiger partial charge in [-0.1, -0.05) is 5.92 Å². The Balaban J connectivity index is 2.29. The van der Waals surface area contributed by atoms with Crippen molar-refractivity contribution in [3.05, 3.63) is 0 Å². The normalized spacial score (nSPS) is 27.8. The quantitative estimate of drug-likeness (QED) is 0.506. The van der Waals surface area contributed by atoms with Crippen LogP contribution >= 0.6 is 0 Å². The first-order valence-electron chi connectivity index (χ1n) is 3.65. The molecule has 2 N–H and O–H groups in total. The van der Waals surface area contributed by atoms with E-state index in [1.807, 2.05) is 0 Å². The van der Waals surface area contributed by atoms with Crippen molar-refractivity contribution in [1.29, 1.82) is 0 Å². The molecule has 0 radical (unpaired) electrons. The lowest BCUT2D eigenvalue weighted by molar-refractivity contribution is -0.118. The molecule has 0 aromatic heterocycles. The number of carbonyl (C=O) groups is 1. The number of rotatable bonds is 1. The second kappa shape index (κ2) is 3.40. The van der Waals surface area contributed by atoms with Crippen molar-refractivity contribution < 1.29 is 9.90 Å². The van der Waals surface area contributed by atoms with Gasteiger partial charge in [0.05, 0.1) is 12.1 Å². The van der Waals surface area contributed by atoms with Gasteiger partial charge in [-0.3, -0.25) is 4.79 Å². The third-order valence-electron chi connectivity index (χ3n) is 1.79. The van der Waals surface area contributed by atoms with Crippen molar-refractivity contribution >= 4 is 5.91 Å². The van der Waals surface area contributed by atoms with E-state index in [2.05, 4.69) is 17.2 Å². The molecule has 1 rings (SSSR count). The van der Waals surface area contributed by atoms with Crippen LogP contribution in [0.1, 0.15) is 19.8 Å². The number of carbonyl (C=O) groups excluding carboxylic acids is 1.